The predicted octanol–water partition coefficient (Wildman–Crippen LogP) is 1.92. The van der Waals surface area contributed by atoms with E-state index in [4.69, 9.17) is 5.73 Å². The highest BCUT2D eigenvalue weighted by Gasteiger charge is 2.05. The van der Waals surface area contributed by atoms with Gasteiger partial charge in [-0.3, -0.25) is 0 Å². The molecule has 11 heavy (non-hydrogen) atoms. The molecule has 0 spiro atoms. The summed E-state index contributed by atoms with van der Waals surface area (Å²) in [5.41, 5.74) is 9.44. The average molecular weight is 145 g/mol. The third-order valence-electron chi connectivity index (χ3n) is 2.14. The zero-order chi connectivity index (χ0) is 7.68. The average Bonchev–Trinajstić information content (AvgIpc) is 2.06. The quantitative estimate of drug-likeness (QED) is 0.438. The van der Waals surface area contributed by atoms with Gasteiger partial charge in [-0.1, -0.05) is 24.3 Å². The molecule has 1 aromatic carbocycles. The summed E-state index contributed by atoms with van der Waals surface area (Å²) in [6, 6.07) is 6.14. The lowest BCUT2D eigenvalue weighted by atomic mass is 9.96. The molecule has 0 aromatic heterocycles. The number of allylic oxidation sites excluding steroid dienone is 2. The molecule has 0 heterocycles. The number of hydrogen-bond acceptors (Lipinski definition) is 1. The molecule has 1 nitrogen and oxygen atoms in total. The summed E-state index contributed by atoms with van der Waals surface area (Å²) >= 11 is 0. The fraction of sp³-hybridized carbons (Fsp3) is 0.200. The highest BCUT2D eigenvalue weighted by Crippen LogP contribution is 2.21. The third kappa shape index (κ3) is 1.03. The summed E-state index contributed by atoms with van der Waals surface area (Å²) in [6.45, 7) is 0. The maximum absolute atomic E-state index is 5.81. The van der Waals surface area contributed by atoms with Crippen molar-refractivity contribution in [2.45, 2.75) is 12.8 Å². The molecular formula is C10H11N. The molecule has 0 amide bonds. The number of hydrogen-bond donors (Lipinski definition) is 1. The monoisotopic (exact) mass is 145 g/mol. The molecule has 0 saturated carbocycles. The zero-order valence-corrected chi connectivity index (χ0v) is 6.38. The first-order chi connectivity index (χ1) is 5.38. The lowest BCUT2D eigenvalue weighted by molar-refractivity contribution is 1.10. The molecule has 1 aliphatic carbocycles. The Balaban J connectivity index is 2.54. The normalized spacial score (nSPS) is 14.5. The van der Waals surface area contributed by atoms with Crippen LogP contribution in [0.4, 0.5) is 5.69 Å². The van der Waals surface area contributed by atoms with E-state index in [0.717, 1.165) is 18.5 Å². The lowest BCUT2D eigenvalue weighted by Crippen LogP contribution is -2.01. The Labute approximate surface area is 66.5 Å². The van der Waals surface area contributed by atoms with Gasteiger partial charge >= 0.3 is 0 Å². The number of rotatable bonds is 0. The van der Waals surface area contributed by atoms with Crippen LogP contribution in [0.1, 0.15) is 11.1 Å². The summed E-state index contributed by atoms with van der Waals surface area (Å²) in [6.07, 6.45) is 6.42. The standard InChI is InChI=1S/C10H11N/c11-10-7-3-5-8-4-1-2-6-9(8)10/h1-3,5,7H,4,6,11H2. The predicted molar refractivity (Wildman–Crippen MR) is 47.4 cm³/mol. The Bertz CT molecular complexity index is 300. The third-order valence-corrected chi connectivity index (χ3v) is 2.14. The molecule has 0 unspecified atom stereocenters. The second-order valence-electron chi connectivity index (χ2n) is 2.86. The van der Waals surface area contributed by atoms with Crippen LogP contribution in [0.15, 0.2) is 30.4 Å². The Morgan fingerprint density at radius 2 is 1.91 bits per heavy atom. The van der Waals surface area contributed by atoms with E-state index in [2.05, 4.69) is 18.2 Å². The molecule has 0 radical (unpaired) electrons. The fourth-order valence-corrected chi connectivity index (χ4v) is 1.51. The van der Waals surface area contributed by atoms with E-state index >= 15 is 0 Å². The fourth-order valence-electron chi connectivity index (χ4n) is 1.51. The van der Waals surface area contributed by atoms with Crippen LogP contribution in [0.25, 0.3) is 0 Å². The molecule has 0 fully saturated rings. The Hall–Kier alpha value is -1.24. The highest BCUT2D eigenvalue weighted by atomic mass is 14.6. The number of benzene rings is 1. The van der Waals surface area contributed by atoms with Crippen LogP contribution in [-0.2, 0) is 12.8 Å². The molecule has 56 valence electrons. The van der Waals surface area contributed by atoms with E-state index in [9.17, 15) is 0 Å². The topological polar surface area (TPSA) is 26.0 Å². The van der Waals surface area contributed by atoms with Gasteiger partial charge in [-0.05, 0) is 30.0 Å². The summed E-state index contributed by atoms with van der Waals surface area (Å²) in [4.78, 5) is 0. The van der Waals surface area contributed by atoms with Crippen molar-refractivity contribution in [3.63, 3.8) is 0 Å². The van der Waals surface area contributed by atoms with Crippen molar-refractivity contribution in [2.75, 3.05) is 5.73 Å². The van der Waals surface area contributed by atoms with Crippen LogP contribution >= 0.6 is 0 Å². The van der Waals surface area contributed by atoms with Crippen LogP contribution in [0.2, 0.25) is 0 Å². The maximum atomic E-state index is 5.81. The van der Waals surface area contributed by atoms with Crippen LogP contribution in [0.5, 0.6) is 0 Å². The highest BCUT2D eigenvalue weighted by molar-refractivity contribution is 5.53. The van der Waals surface area contributed by atoms with Gasteiger partial charge in [0.2, 0.25) is 0 Å². The molecule has 2 N–H and O–H groups in total. The molecule has 1 aliphatic rings. The first-order valence-corrected chi connectivity index (χ1v) is 3.89. The minimum absolute atomic E-state index is 0.937. The maximum Gasteiger partial charge on any atom is 0.0352 e. The Morgan fingerprint density at radius 3 is 2.73 bits per heavy atom. The van der Waals surface area contributed by atoms with Crippen molar-refractivity contribution < 1.29 is 0 Å². The molecular weight excluding hydrogens is 134 g/mol. The van der Waals surface area contributed by atoms with E-state index in [1.165, 1.54) is 11.1 Å². The van der Waals surface area contributed by atoms with Gasteiger partial charge in [-0.2, -0.15) is 0 Å². The van der Waals surface area contributed by atoms with Crippen molar-refractivity contribution in [3.05, 3.63) is 41.5 Å². The molecule has 0 saturated heterocycles. The van der Waals surface area contributed by atoms with Crippen LogP contribution in [-0.4, -0.2) is 0 Å². The molecule has 2 rings (SSSR count). The van der Waals surface area contributed by atoms with Crippen molar-refractivity contribution in [1.29, 1.82) is 0 Å². The van der Waals surface area contributed by atoms with Gasteiger partial charge in [0.25, 0.3) is 0 Å². The molecule has 0 aliphatic heterocycles. The van der Waals surface area contributed by atoms with Crippen LogP contribution < -0.4 is 5.73 Å². The Kier molecular flexibility index (Phi) is 1.42. The van der Waals surface area contributed by atoms with Gasteiger partial charge < -0.3 is 5.73 Å². The van der Waals surface area contributed by atoms with Crippen LogP contribution in [0, 0.1) is 0 Å². The molecule has 0 atom stereocenters. The van der Waals surface area contributed by atoms with Gasteiger partial charge in [0.1, 0.15) is 0 Å². The van der Waals surface area contributed by atoms with E-state index in [1.54, 1.807) is 0 Å². The van der Waals surface area contributed by atoms with Gasteiger partial charge in [0.05, 0.1) is 0 Å². The summed E-state index contributed by atoms with van der Waals surface area (Å²) in [7, 11) is 0. The van der Waals surface area contributed by atoms with Crippen molar-refractivity contribution >= 4 is 5.69 Å². The van der Waals surface area contributed by atoms with Crippen molar-refractivity contribution in [1.82, 2.24) is 0 Å². The van der Waals surface area contributed by atoms with E-state index in [-0.39, 0.29) is 0 Å². The summed E-state index contributed by atoms with van der Waals surface area (Å²) in [5, 5.41) is 0. The van der Waals surface area contributed by atoms with Gasteiger partial charge in [0.15, 0.2) is 0 Å². The van der Waals surface area contributed by atoms with Gasteiger partial charge in [-0.25, -0.2) is 0 Å². The number of nitrogens with two attached hydrogens (primary N) is 1. The molecule has 0 bridgehead atoms. The smallest absolute Gasteiger partial charge is 0.0352 e. The van der Waals surface area contributed by atoms with E-state index in [0.29, 0.717) is 0 Å². The summed E-state index contributed by atoms with van der Waals surface area (Å²) < 4.78 is 0. The first kappa shape index (κ1) is 6.47. The van der Waals surface area contributed by atoms with E-state index in [1.807, 2.05) is 12.1 Å². The minimum Gasteiger partial charge on any atom is -0.398 e. The number of fused-ring (bicyclic) bond motifs is 1. The first-order valence-electron chi connectivity index (χ1n) is 3.89. The largest absolute Gasteiger partial charge is 0.398 e. The van der Waals surface area contributed by atoms with E-state index < -0.39 is 0 Å². The Morgan fingerprint density at radius 1 is 1.09 bits per heavy atom. The SMILES string of the molecule is Nc1cccc2c1CC=CC2. The number of anilines is 1. The minimum atomic E-state index is 0.937. The second-order valence-corrected chi connectivity index (χ2v) is 2.86. The molecule has 1 heteroatoms. The molecule has 1 aromatic rings. The van der Waals surface area contributed by atoms with Gasteiger partial charge in [-0.15, -0.1) is 0 Å². The lowest BCUT2D eigenvalue weighted by Gasteiger charge is -2.12. The van der Waals surface area contributed by atoms with Crippen LogP contribution in [0.3, 0.4) is 0 Å². The van der Waals surface area contributed by atoms with Gasteiger partial charge in [0, 0.05) is 5.69 Å². The number of nitrogen functional groups attached to an aromatic ring is 1. The van der Waals surface area contributed by atoms with Crippen molar-refractivity contribution in [2.24, 2.45) is 0 Å². The van der Waals surface area contributed by atoms with Crippen molar-refractivity contribution in [3.8, 4) is 0 Å². The second kappa shape index (κ2) is 2.42. The summed E-state index contributed by atoms with van der Waals surface area (Å²) in [5.74, 6) is 0. The zero-order valence-electron chi connectivity index (χ0n) is 6.38.